The van der Waals surface area contributed by atoms with E-state index in [1.807, 2.05) is 13.0 Å². The van der Waals surface area contributed by atoms with Gasteiger partial charge < -0.3 is 15.2 Å². The van der Waals surface area contributed by atoms with E-state index in [2.05, 4.69) is 6.58 Å². The molecule has 0 spiro atoms. The summed E-state index contributed by atoms with van der Waals surface area (Å²) in [6, 6.07) is 0.144. The molecule has 1 atom stereocenters. The monoisotopic (exact) mass is 255 g/mol. The minimum absolute atomic E-state index is 0.133. The van der Waals surface area contributed by atoms with Gasteiger partial charge >= 0.3 is 0 Å². The van der Waals surface area contributed by atoms with Crippen molar-refractivity contribution < 1.29 is 9.47 Å². The van der Waals surface area contributed by atoms with Crippen molar-refractivity contribution in [3.63, 3.8) is 0 Å². The third-order valence-corrected chi connectivity index (χ3v) is 3.87. The molecule has 3 heteroatoms. The summed E-state index contributed by atoms with van der Waals surface area (Å²) in [6.45, 7) is 8.10. The molecular weight excluding hydrogens is 226 g/mol. The molecule has 0 radical (unpaired) electrons. The molecule has 106 valence electrons. The van der Waals surface area contributed by atoms with Crippen LogP contribution in [0.4, 0.5) is 0 Å². The number of unbranched alkanes of at least 4 members (excludes halogenated alkanes) is 3. The molecule has 1 heterocycles. The molecule has 2 N–H and O–H groups in total. The molecule has 1 aliphatic heterocycles. The third kappa shape index (κ3) is 4.71. The number of allylic oxidation sites excluding steroid dienone is 1. The van der Waals surface area contributed by atoms with Crippen LogP contribution in [0.15, 0.2) is 12.7 Å². The Kier molecular flexibility index (Phi) is 7.56. The average molecular weight is 255 g/mol. The lowest BCUT2D eigenvalue weighted by atomic mass is 9.83. The first-order valence-corrected chi connectivity index (χ1v) is 7.33. The molecule has 3 nitrogen and oxygen atoms in total. The molecule has 1 aliphatic rings. The van der Waals surface area contributed by atoms with Gasteiger partial charge in [-0.2, -0.15) is 0 Å². The zero-order valence-electron chi connectivity index (χ0n) is 11.8. The van der Waals surface area contributed by atoms with Crippen LogP contribution in [0, 0.1) is 0 Å². The van der Waals surface area contributed by atoms with E-state index in [0.717, 1.165) is 45.5 Å². The fraction of sp³-hybridized carbons (Fsp3) is 0.867. The summed E-state index contributed by atoms with van der Waals surface area (Å²) < 4.78 is 11.4. The molecule has 1 fully saturated rings. The van der Waals surface area contributed by atoms with Crippen LogP contribution < -0.4 is 5.73 Å². The van der Waals surface area contributed by atoms with E-state index in [-0.39, 0.29) is 11.6 Å². The van der Waals surface area contributed by atoms with Crippen molar-refractivity contribution in [2.75, 3.05) is 19.8 Å². The van der Waals surface area contributed by atoms with Crippen molar-refractivity contribution >= 4 is 0 Å². The fourth-order valence-corrected chi connectivity index (χ4v) is 2.72. The first-order valence-electron chi connectivity index (χ1n) is 7.33. The highest BCUT2D eigenvalue weighted by molar-refractivity contribution is 4.93. The molecular formula is C15H29NO2. The Labute approximate surface area is 112 Å². The summed E-state index contributed by atoms with van der Waals surface area (Å²) in [4.78, 5) is 0. The number of hydrogen-bond donors (Lipinski definition) is 1. The highest BCUT2D eigenvalue weighted by atomic mass is 16.5. The van der Waals surface area contributed by atoms with Gasteiger partial charge in [0, 0.05) is 38.7 Å². The second-order valence-corrected chi connectivity index (χ2v) is 5.14. The fourth-order valence-electron chi connectivity index (χ4n) is 2.72. The minimum atomic E-state index is -0.133. The second kappa shape index (κ2) is 8.68. The Bertz CT molecular complexity index is 219. The zero-order valence-corrected chi connectivity index (χ0v) is 11.8. The molecule has 18 heavy (non-hydrogen) atoms. The molecule has 0 aliphatic carbocycles. The Hall–Kier alpha value is -0.380. The largest absolute Gasteiger partial charge is 0.381 e. The summed E-state index contributed by atoms with van der Waals surface area (Å²) in [5.74, 6) is 0. The topological polar surface area (TPSA) is 44.5 Å². The highest BCUT2D eigenvalue weighted by Crippen LogP contribution is 2.30. The predicted molar refractivity (Wildman–Crippen MR) is 75.7 cm³/mol. The normalized spacial score (nSPS) is 20.6. The van der Waals surface area contributed by atoms with E-state index in [0.29, 0.717) is 0 Å². The lowest BCUT2D eigenvalue weighted by Gasteiger charge is -2.41. The second-order valence-electron chi connectivity index (χ2n) is 5.14. The Morgan fingerprint density at radius 2 is 2.06 bits per heavy atom. The maximum Gasteiger partial charge on any atom is 0.0876 e. The SMILES string of the molecule is C=CCCCCCC(N)C1(OCC)CCOCC1. The number of hydrogen-bond acceptors (Lipinski definition) is 3. The van der Waals surface area contributed by atoms with Gasteiger partial charge in [-0.3, -0.25) is 0 Å². The summed E-state index contributed by atoms with van der Waals surface area (Å²) >= 11 is 0. The molecule has 0 saturated carbocycles. The summed E-state index contributed by atoms with van der Waals surface area (Å²) in [6.07, 6.45) is 9.67. The van der Waals surface area contributed by atoms with Gasteiger partial charge in [-0.25, -0.2) is 0 Å². The van der Waals surface area contributed by atoms with Gasteiger partial charge in [-0.05, 0) is 26.2 Å². The Balaban J connectivity index is 2.34. The summed E-state index contributed by atoms with van der Waals surface area (Å²) in [5, 5.41) is 0. The van der Waals surface area contributed by atoms with Crippen LogP contribution in [0.3, 0.4) is 0 Å². The molecule has 0 aromatic heterocycles. The number of rotatable bonds is 9. The van der Waals surface area contributed by atoms with E-state index >= 15 is 0 Å². The van der Waals surface area contributed by atoms with E-state index in [1.54, 1.807) is 0 Å². The van der Waals surface area contributed by atoms with E-state index in [9.17, 15) is 0 Å². The van der Waals surface area contributed by atoms with Gasteiger partial charge in [0.2, 0.25) is 0 Å². The molecule has 0 bridgehead atoms. The smallest absolute Gasteiger partial charge is 0.0876 e. The van der Waals surface area contributed by atoms with Crippen LogP contribution in [0.5, 0.6) is 0 Å². The summed E-state index contributed by atoms with van der Waals surface area (Å²) in [5.41, 5.74) is 6.25. The van der Waals surface area contributed by atoms with Crippen LogP contribution in [0.2, 0.25) is 0 Å². The van der Waals surface area contributed by atoms with Crippen molar-refractivity contribution in [1.29, 1.82) is 0 Å². The lowest BCUT2D eigenvalue weighted by molar-refractivity contribution is -0.121. The maximum absolute atomic E-state index is 6.38. The van der Waals surface area contributed by atoms with E-state index in [4.69, 9.17) is 15.2 Å². The minimum Gasteiger partial charge on any atom is -0.381 e. The van der Waals surface area contributed by atoms with Crippen molar-refractivity contribution in [1.82, 2.24) is 0 Å². The Morgan fingerprint density at radius 3 is 2.67 bits per heavy atom. The molecule has 1 unspecified atom stereocenters. The van der Waals surface area contributed by atoms with Crippen molar-refractivity contribution in [2.24, 2.45) is 5.73 Å². The molecule has 1 rings (SSSR count). The number of ether oxygens (including phenoxy) is 2. The first kappa shape index (κ1) is 15.7. The van der Waals surface area contributed by atoms with Crippen molar-refractivity contribution in [3.8, 4) is 0 Å². The van der Waals surface area contributed by atoms with Crippen LogP contribution in [-0.4, -0.2) is 31.5 Å². The first-order chi connectivity index (χ1) is 8.75. The van der Waals surface area contributed by atoms with Gasteiger partial charge in [0.1, 0.15) is 0 Å². The molecule has 0 aromatic rings. The van der Waals surface area contributed by atoms with Gasteiger partial charge in [0.15, 0.2) is 0 Å². The lowest BCUT2D eigenvalue weighted by Crippen LogP contribution is -2.53. The molecule has 0 amide bonds. The molecule has 0 aromatic carbocycles. The predicted octanol–water partition coefficient (Wildman–Crippen LogP) is 3.04. The van der Waals surface area contributed by atoms with Crippen molar-refractivity contribution in [3.05, 3.63) is 12.7 Å². The van der Waals surface area contributed by atoms with Crippen LogP contribution in [0.25, 0.3) is 0 Å². The Morgan fingerprint density at radius 1 is 1.33 bits per heavy atom. The van der Waals surface area contributed by atoms with Gasteiger partial charge in [0.05, 0.1) is 5.60 Å². The van der Waals surface area contributed by atoms with Gasteiger partial charge in [-0.15, -0.1) is 6.58 Å². The third-order valence-electron chi connectivity index (χ3n) is 3.87. The van der Waals surface area contributed by atoms with E-state index in [1.165, 1.54) is 19.3 Å². The zero-order chi connectivity index (χ0) is 13.3. The molecule has 1 saturated heterocycles. The standard InChI is InChI=1S/C15H29NO2/c1-3-5-6-7-8-9-14(16)15(18-4-2)10-12-17-13-11-15/h3,14H,1,4-13,16H2,2H3. The average Bonchev–Trinajstić information content (AvgIpc) is 2.39. The van der Waals surface area contributed by atoms with Crippen molar-refractivity contribution in [2.45, 2.75) is 63.5 Å². The maximum atomic E-state index is 6.38. The van der Waals surface area contributed by atoms with Gasteiger partial charge in [0.25, 0.3) is 0 Å². The van der Waals surface area contributed by atoms with Crippen LogP contribution >= 0.6 is 0 Å². The quantitative estimate of drug-likeness (QED) is 0.509. The van der Waals surface area contributed by atoms with Crippen LogP contribution in [-0.2, 0) is 9.47 Å². The number of nitrogens with two attached hydrogens (primary N) is 1. The highest BCUT2D eigenvalue weighted by Gasteiger charge is 2.38. The van der Waals surface area contributed by atoms with E-state index < -0.39 is 0 Å². The van der Waals surface area contributed by atoms with Crippen LogP contribution in [0.1, 0.15) is 51.9 Å². The van der Waals surface area contributed by atoms with Gasteiger partial charge in [-0.1, -0.05) is 18.9 Å². The summed E-state index contributed by atoms with van der Waals surface area (Å²) in [7, 11) is 0.